The van der Waals surface area contributed by atoms with Gasteiger partial charge in [-0.15, -0.1) is 0 Å². The number of piperidine rings is 2. The van der Waals surface area contributed by atoms with Gasteiger partial charge in [-0.2, -0.15) is 0 Å². The number of amides is 4. The Kier molecular flexibility index (Phi) is 14.1. The number of anilines is 2. The first-order valence-electron chi connectivity index (χ1n) is 21.3. The summed E-state index contributed by atoms with van der Waals surface area (Å²) >= 11 is 6.57. The molecule has 4 aromatic rings. The summed E-state index contributed by atoms with van der Waals surface area (Å²) in [5.41, 5.74) is 4.43. The van der Waals surface area contributed by atoms with E-state index in [9.17, 15) is 27.6 Å². The highest BCUT2D eigenvalue weighted by Crippen LogP contribution is 2.39. The number of fused-ring (bicyclic) bond motifs is 1. The van der Waals surface area contributed by atoms with Crippen LogP contribution in [0.25, 0.3) is 0 Å². The Balaban J connectivity index is 0.914. The van der Waals surface area contributed by atoms with Gasteiger partial charge < -0.3 is 24.4 Å². The first-order chi connectivity index (χ1) is 30.1. The predicted molar refractivity (Wildman–Crippen MR) is 237 cm³/mol. The molecule has 1 aromatic heterocycles. The second-order valence-corrected chi connectivity index (χ2v) is 19.4. The van der Waals surface area contributed by atoms with Crippen LogP contribution < -0.4 is 20.1 Å². The Morgan fingerprint density at radius 1 is 0.921 bits per heavy atom. The monoisotopic (exact) mass is 900 g/mol. The lowest BCUT2D eigenvalue weighted by atomic mass is 9.86. The van der Waals surface area contributed by atoms with E-state index in [1.807, 2.05) is 13.8 Å². The molecule has 1 atom stereocenters. The van der Waals surface area contributed by atoms with Gasteiger partial charge in [-0.3, -0.25) is 29.4 Å². The number of aromatic nitrogens is 2. The Morgan fingerprint density at radius 3 is 2.41 bits per heavy atom. The van der Waals surface area contributed by atoms with Crippen LogP contribution in [0.15, 0.2) is 65.7 Å². The van der Waals surface area contributed by atoms with Crippen molar-refractivity contribution in [2.75, 3.05) is 44.8 Å². The summed E-state index contributed by atoms with van der Waals surface area (Å²) in [5.74, 6) is -0.718. The van der Waals surface area contributed by atoms with Crippen molar-refractivity contribution in [3.8, 4) is 11.5 Å². The molecule has 0 aliphatic carbocycles. The zero-order chi connectivity index (χ0) is 45.0. The average Bonchev–Trinajstić information content (AvgIpc) is 3.50. The maximum atomic E-state index is 13.3. The zero-order valence-corrected chi connectivity index (χ0v) is 37.7. The maximum absolute atomic E-state index is 13.3. The molecule has 15 nitrogen and oxygen atoms in total. The second-order valence-electron chi connectivity index (χ2n) is 16.6. The predicted octanol–water partition coefficient (Wildman–Crippen LogP) is 6.42. The number of carbonyl (C=O) groups excluding carboxylic acids is 4. The van der Waals surface area contributed by atoms with Crippen LogP contribution in [0, 0.1) is 6.92 Å². The van der Waals surface area contributed by atoms with Crippen molar-refractivity contribution in [2.45, 2.75) is 94.9 Å². The fourth-order valence-corrected chi connectivity index (χ4v) is 9.68. The van der Waals surface area contributed by atoms with Crippen molar-refractivity contribution in [1.29, 1.82) is 0 Å². The lowest BCUT2D eigenvalue weighted by molar-refractivity contribution is -0.136. The molecule has 334 valence electrons. The number of halogens is 1. The first-order valence-corrected chi connectivity index (χ1v) is 23.2. The normalized spacial score (nSPS) is 17.4. The maximum Gasteiger partial charge on any atom is 0.266 e. The highest BCUT2D eigenvalue weighted by atomic mass is 35.5. The van der Waals surface area contributed by atoms with Crippen molar-refractivity contribution in [3.05, 3.63) is 99.3 Å². The molecule has 0 radical (unpaired) electrons. The minimum Gasteiger partial charge on any atom is -0.490 e. The van der Waals surface area contributed by atoms with E-state index >= 15 is 0 Å². The quantitative estimate of drug-likeness (QED) is 0.0875. The topological polar surface area (TPSA) is 186 Å². The lowest BCUT2D eigenvalue weighted by Gasteiger charge is -2.33. The van der Waals surface area contributed by atoms with Crippen LogP contribution in [0.3, 0.4) is 0 Å². The molecule has 17 heteroatoms. The van der Waals surface area contributed by atoms with Crippen LogP contribution in [0.1, 0.15) is 102 Å². The van der Waals surface area contributed by atoms with Crippen molar-refractivity contribution in [1.82, 2.24) is 25.1 Å². The van der Waals surface area contributed by atoms with E-state index in [-0.39, 0.29) is 60.4 Å². The third-order valence-electron chi connectivity index (χ3n) is 11.5. The van der Waals surface area contributed by atoms with Crippen LogP contribution in [0.4, 0.5) is 11.6 Å². The molecule has 4 amide bonds. The summed E-state index contributed by atoms with van der Waals surface area (Å²) in [7, 11) is -3.52. The number of likely N-dealkylation sites (tertiary alicyclic amines) is 1. The van der Waals surface area contributed by atoms with Gasteiger partial charge >= 0.3 is 0 Å². The van der Waals surface area contributed by atoms with E-state index in [0.29, 0.717) is 46.2 Å². The number of nitrogens with zero attached hydrogens (tertiary/aromatic N) is 4. The van der Waals surface area contributed by atoms with Crippen LogP contribution in [0.5, 0.6) is 11.5 Å². The van der Waals surface area contributed by atoms with Gasteiger partial charge in [-0.1, -0.05) is 35.9 Å². The van der Waals surface area contributed by atoms with Gasteiger partial charge in [0.1, 0.15) is 24.1 Å². The number of hydrogen-bond acceptors (Lipinski definition) is 13. The Labute approximate surface area is 372 Å². The highest BCUT2D eigenvalue weighted by Gasteiger charge is 2.46. The molecule has 1 unspecified atom stereocenters. The summed E-state index contributed by atoms with van der Waals surface area (Å²) in [4.78, 5) is 63.3. The van der Waals surface area contributed by atoms with Gasteiger partial charge in [-0.05, 0) is 120 Å². The summed E-state index contributed by atoms with van der Waals surface area (Å²) < 4.78 is 44.4. The van der Waals surface area contributed by atoms with Crippen molar-refractivity contribution in [3.63, 3.8) is 0 Å². The third kappa shape index (κ3) is 10.2. The van der Waals surface area contributed by atoms with Gasteiger partial charge in [-0.25, -0.2) is 18.4 Å². The van der Waals surface area contributed by atoms with Gasteiger partial charge in [0, 0.05) is 19.4 Å². The largest absolute Gasteiger partial charge is 0.490 e. The van der Waals surface area contributed by atoms with Crippen LogP contribution in [-0.2, 0) is 30.6 Å². The lowest BCUT2D eigenvalue weighted by Crippen LogP contribution is -2.54. The molecule has 2 saturated heterocycles. The molecular formula is C46H53ClN6O9S. The smallest absolute Gasteiger partial charge is 0.266 e. The number of hydrogen-bond donors (Lipinski definition) is 2. The van der Waals surface area contributed by atoms with E-state index < -0.39 is 44.8 Å². The second kappa shape index (κ2) is 19.5. The molecule has 3 aliphatic rings. The van der Waals surface area contributed by atoms with E-state index in [1.165, 1.54) is 17.8 Å². The average molecular weight is 901 g/mol. The molecule has 0 bridgehead atoms. The zero-order valence-electron chi connectivity index (χ0n) is 36.1. The summed E-state index contributed by atoms with van der Waals surface area (Å²) in [6.07, 6.45) is 3.68. The fourth-order valence-electron chi connectivity index (χ4n) is 8.24. The number of ether oxygens (including phenoxy) is 3. The minimum absolute atomic E-state index is 0.0464. The molecule has 63 heavy (non-hydrogen) atoms. The Bertz CT molecular complexity index is 2510. The van der Waals surface area contributed by atoms with Gasteiger partial charge in [0.2, 0.25) is 17.8 Å². The molecule has 2 fully saturated rings. The highest BCUT2D eigenvalue weighted by molar-refractivity contribution is 7.92. The third-order valence-corrected chi connectivity index (χ3v) is 14.1. The number of benzene rings is 3. The SMILES string of the molecule is Cc1cc(Nc2ncc(Cl)c(Cc3ccccc3S(=O)(=O)C(C)C)n2)c(OC(C)C)cc1C1CCN(CCOCCOc2cccc3c2C(=O)N(C2CCC(=O)NC2=O)C3=O)CC1. The van der Waals surface area contributed by atoms with Crippen LogP contribution in [-0.4, -0.2) is 109 Å². The number of imide groups is 2. The molecule has 7 rings (SSSR count). The van der Waals surface area contributed by atoms with Gasteiger partial charge in [0.25, 0.3) is 11.8 Å². The van der Waals surface area contributed by atoms with Crippen LogP contribution in [0.2, 0.25) is 5.02 Å². The summed E-state index contributed by atoms with van der Waals surface area (Å²) in [6, 6.07) is 14.8. The fraction of sp³-hybridized carbons (Fsp3) is 0.435. The minimum atomic E-state index is -3.52. The van der Waals surface area contributed by atoms with Gasteiger partial charge in [0.05, 0.1) is 63.2 Å². The molecule has 4 heterocycles. The number of rotatable bonds is 17. The molecule has 0 saturated carbocycles. The van der Waals surface area contributed by atoms with E-state index in [4.69, 9.17) is 30.8 Å². The summed E-state index contributed by atoms with van der Waals surface area (Å²) in [5, 5.41) is 5.31. The number of carbonyl (C=O) groups is 4. The van der Waals surface area contributed by atoms with E-state index in [0.717, 1.165) is 42.9 Å². The summed E-state index contributed by atoms with van der Waals surface area (Å²) in [6.45, 7) is 12.8. The number of nitrogens with one attached hydrogen (secondary N) is 2. The molecule has 3 aromatic carbocycles. The number of sulfone groups is 1. The van der Waals surface area contributed by atoms with E-state index in [1.54, 1.807) is 50.2 Å². The van der Waals surface area contributed by atoms with Crippen molar-refractivity contribution in [2.24, 2.45) is 0 Å². The first kappa shape index (κ1) is 45.6. The molecule has 2 N–H and O–H groups in total. The van der Waals surface area contributed by atoms with Crippen molar-refractivity contribution < 1.29 is 41.8 Å². The van der Waals surface area contributed by atoms with Crippen LogP contribution >= 0.6 is 11.6 Å². The van der Waals surface area contributed by atoms with Crippen molar-refractivity contribution >= 4 is 56.7 Å². The number of aryl methyl sites for hydroxylation is 1. The Hall–Kier alpha value is -5.42. The molecule has 3 aliphatic heterocycles. The molecule has 0 spiro atoms. The van der Waals surface area contributed by atoms with E-state index in [2.05, 4.69) is 39.6 Å². The Morgan fingerprint density at radius 2 is 1.68 bits per heavy atom. The van der Waals surface area contributed by atoms with Gasteiger partial charge in [0.15, 0.2) is 9.84 Å². The standard InChI is InChI=1S/C46H53ClN6O9S/c1-27(2)62-39-25-33(29(5)23-36(39)50-46-48-26-34(47)35(49-46)24-31-9-6-7-12-40(31)63(58,59)28(3)4)30-15-17-52(18-16-30)19-20-60-21-22-61-38-11-8-10-32-42(38)45(57)53(44(32)56)37-13-14-41(54)51-43(37)55/h6-12,23,25-28,30,37H,13-22,24H2,1-5H3,(H,48,49,50)(H,51,54,55). The molecular weight excluding hydrogens is 848 g/mol.